The van der Waals surface area contributed by atoms with Gasteiger partial charge in [-0.2, -0.15) is 4.39 Å². The van der Waals surface area contributed by atoms with Crippen molar-refractivity contribution in [3.63, 3.8) is 0 Å². The highest BCUT2D eigenvalue weighted by Gasteiger charge is 2.12. The predicted molar refractivity (Wildman–Crippen MR) is 75.3 cm³/mol. The molecule has 6 heteroatoms. The summed E-state index contributed by atoms with van der Waals surface area (Å²) in [5.41, 5.74) is 8.15. The van der Waals surface area contributed by atoms with Crippen LogP contribution in [0.5, 0.6) is 11.6 Å². The molecule has 0 radical (unpaired) electrons. The van der Waals surface area contributed by atoms with Gasteiger partial charge in [-0.1, -0.05) is 6.07 Å². The Morgan fingerprint density at radius 2 is 1.95 bits per heavy atom. The van der Waals surface area contributed by atoms with E-state index in [1.807, 2.05) is 6.92 Å². The van der Waals surface area contributed by atoms with Crippen LogP contribution < -0.4 is 10.5 Å². The van der Waals surface area contributed by atoms with Crippen LogP contribution in [0.4, 0.5) is 8.78 Å². The molecule has 0 aliphatic rings. The molecule has 2 aromatic rings. The lowest BCUT2D eigenvalue weighted by Crippen LogP contribution is -2.05. The van der Waals surface area contributed by atoms with Crippen molar-refractivity contribution in [1.82, 2.24) is 4.98 Å². The molecule has 2 rings (SSSR count). The van der Waals surface area contributed by atoms with Crippen molar-refractivity contribution in [3.05, 3.63) is 52.7 Å². The maximum atomic E-state index is 13.5. The van der Waals surface area contributed by atoms with Gasteiger partial charge in [-0.25, -0.2) is 9.37 Å². The fraction of sp³-hybridized carbons (Fsp3) is 0.214. The van der Waals surface area contributed by atoms with Gasteiger partial charge in [0.05, 0.1) is 0 Å². The van der Waals surface area contributed by atoms with E-state index in [2.05, 4.69) is 4.98 Å². The van der Waals surface area contributed by atoms with Crippen LogP contribution in [-0.2, 0) is 6.54 Å². The summed E-state index contributed by atoms with van der Waals surface area (Å²) in [5, 5.41) is 0. The van der Waals surface area contributed by atoms with E-state index in [9.17, 15) is 8.78 Å². The van der Waals surface area contributed by atoms with Gasteiger partial charge < -0.3 is 10.5 Å². The number of pyridine rings is 1. The first kappa shape index (κ1) is 16.3. The van der Waals surface area contributed by atoms with E-state index in [4.69, 9.17) is 10.5 Å². The van der Waals surface area contributed by atoms with Gasteiger partial charge in [0.15, 0.2) is 11.6 Å². The summed E-state index contributed by atoms with van der Waals surface area (Å²) in [7, 11) is 0. The summed E-state index contributed by atoms with van der Waals surface area (Å²) in [6.45, 7) is 4.04. The number of aromatic nitrogens is 1. The minimum atomic E-state index is -1.03. The molecular weight excluding hydrogens is 286 g/mol. The average molecular weight is 301 g/mol. The van der Waals surface area contributed by atoms with E-state index >= 15 is 0 Å². The number of hydrogen-bond donors (Lipinski definition) is 1. The molecule has 20 heavy (non-hydrogen) atoms. The normalized spacial score (nSPS) is 10.1. The van der Waals surface area contributed by atoms with E-state index in [1.54, 1.807) is 13.0 Å². The third kappa shape index (κ3) is 3.23. The summed E-state index contributed by atoms with van der Waals surface area (Å²) < 4.78 is 31.8. The van der Waals surface area contributed by atoms with Crippen molar-refractivity contribution in [1.29, 1.82) is 0 Å². The van der Waals surface area contributed by atoms with E-state index in [0.29, 0.717) is 12.2 Å². The smallest absolute Gasteiger partial charge is 0.219 e. The molecule has 0 fully saturated rings. The molecule has 0 saturated heterocycles. The fourth-order valence-electron chi connectivity index (χ4n) is 1.86. The number of ether oxygens (including phenoxy) is 1. The van der Waals surface area contributed by atoms with Crippen LogP contribution in [0.15, 0.2) is 24.3 Å². The molecule has 0 aliphatic carbocycles. The Bertz CT molecular complexity index is 597. The molecule has 1 aromatic carbocycles. The Morgan fingerprint density at radius 3 is 2.55 bits per heavy atom. The Balaban J connectivity index is 0.00000200. The van der Waals surface area contributed by atoms with Gasteiger partial charge in [0, 0.05) is 18.3 Å². The zero-order valence-corrected chi connectivity index (χ0v) is 11.9. The number of aryl methyl sites for hydroxylation is 2. The molecule has 0 saturated carbocycles. The highest BCUT2D eigenvalue weighted by atomic mass is 35.5. The van der Waals surface area contributed by atoms with Gasteiger partial charge in [-0.3, -0.25) is 0 Å². The van der Waals surface area contributed by atoms with Crippen molar-refractivity contribution >= 4 is 12.4 Å². The van der Waals surface area contributed by atoms with Crippen molar-refractivity contribution in [2.75, 3.05) is 0 Å². The zero-order valence-electron chi connectivity index (χ0n) is 11.1. The monoisotopic (exact) mass is 300 g/mol. The van der Waals surface area contributed by atoms with E-state index < -0.39 is 11.6 Å². The summed E-state index contributed by atoms with van der Waals surface area (Å²) in [4.78, 5) is 4.18. The molecule has 0 spiro atoms. The molecule has 1 aromatic heterocycles. The van der Waals surface area contributed by atoms with Gasteiger partial charge >= 0.3 is 0 Å². The number of nitrogens with two attached hydrogens (primary N) is 1. The highest BCUT2D eigenvalue weighted by Crippen LogP contribution is 2.26. The SMILES string of the molecule is Cc1cc(Oc2cccc(F)c2F)nc(C)c1CN.Cl. The van der Waals surface area contributed by atoms with E-state index in [0.717, 1.165) is 17.2 Å². The molecule has 0 amide bonds. The topological polar surface area (TPSA) is 48.1 Å². The van der Waals surface area contributed by atoms with Crippen LogP contribution in [0.1, 0.15) is 16.8 Å². The number of halogens is 3. The van der Waals surface area contributed by atoms with Gasteiger partial charge in [-0.15, -0.1) is 12.4 Å². The van der Waals surface area contributed by atoms with Crippen molar-refractivity contribution in [2.24, 2.45) is 5.73 Å². The van der Waals surface area contributed by atoms with Gasteiger partial charge in [0.25, 0.3) is 0 Å². The Kier molecular flexibility index (Phi) is 5.42. The highest BCUT2D eigenvalue weighted by molar-refractivity contribution is 5.85. The number of rotatable bonds is 3. The third-order valence-corrected chi connectivity index (χ3v) is 2.87. The molecule has 108 valence electrons. The van der Waals surface area contributed by atoms with Crippen LogP contribution in [0.25, 0.3) is 0 Å². The minimum absolute atomic E-state index is 0. The Morgan fingerprint density at radius 1 is 1.25 bits per heavy atom. The average Bonchev–Trinajstić information content (AvgIpc) is 2.35. The van der Waals surface area contributed by atoms with Crippen LogP contribution in [0, 0.1) is 25.5 Å². The predicted octanol–water partition coefficient (Wildman–Crippen LogP) is 3.65. The lowest BCUT2D eigenvalue weighted by molar-refractivity contribution is 0.404. The number of benzene rings is 1. The van der Waals surface area contributed by atoms with Crippen molar-refractivity contribution in [3.8, 4) is 11.6 Å². The maximum absolute atomic E-state index is 13.5. The molecule has 0 aliphatic heterocycles. The van der Waals surface area contributed by atoms with Crippen LogP contribution in [0.3, 0.4) is 0 Å². The standard InChI is InChI=1S/C14H14F2N2O.ClH/c1-8-6-13(18-9(2)10(8)7-17)19-12-5-3-4-11(15)14(12)16;/h3-6H,7,17H2,1-2H3;1H. The van der Waals surface area contributed by atoms with Gasteiger partial charge in [0.2, 0.25) is 11.7 Å². The third-order valence-electron chi connectivity index (χ3n) is 2.87. The van der Waals surface area contributed by atoms with Gasteiger partial charge in [-0.05, 0) is 37.1 Å². The second-order valence-corrected chi connectivity index (χ2v) is 4.20. The first-order valence-electron chi connectivity index (χ1n) is 5.82. The second kappa shape index (κ2) is 6.63. The van der Waals surface area contributed by atoms with Gasteiger partial charge in [0.1, 0.15) is 0 Å². The second-order valence-electron chi connectivity index (χ2n) is 4.20. The lowest BCUT2D eigenvalue weighted by Gasteiger charge is -2.11. The van der Waals surface area contributed by atoms with Crippen LogP contribution >= 0.6 is 12.4 Å². The van der Waals surface area contributed by atoms with Crippen LogP contribution in [-0.4, -0.2) is 4.98 Å². The number of hydrogen-bond acceptors (Lipinski definition) is 3. The summed E-state index contributed by atoms with van der Waals surface area (Å²) >= 11 is 0. The lowest BCUT2D eigenvalue weighted by atomic mass is 10.1. The molecule has 1 heterocycles. The Labute approximate surface area is 122 Å². The number of nitrogens with zero attached hydrogens (tertiary/aromatic N) is 1. The minimum Gasteiger partial charge on any atom is -0.436 e. The summed E-state index contributed by atoms with van der Waals surface area (Å²) in [6.07, 6.45) is 0. The molecular formula is C14H15ClF2N2O. The first-order valence-corrected chi connectivity index (χ1v) is 5.82. The van der Waals surface area contributed by atoms with Crippen molar-refractivity contribution < 1.29 is 13.5 Å². The van der Waals surface area contributed by atoms with Crippen molar-refractivity contribution in [2.45, 2.75) is 20.4 Å². The summed E-state index contributed by atoms with van der Waals surface area (Å²) in [6, 6.07) is 5.41. The largest absolute Gasteiger partial charge is 0.436 e. The fourth-order valence-corrected chi connectivity index (χ4v) is 1.86. The van der Waals surface area contributed by atoms with E-state index in [1.165, 1.54) is 12.1 Å². The summed E-state index contributed by atoms with van der Waals surface area (Å²) in [5.74, 6) is -1.95. The molecule has 0 atom stereocenters. The molecule has 2 N–H and O–H groups in total. The van der Waals surface area contributed by atoms with E-state index in [-0.39, 0.29) is 24.0 Å². The quantitative estimate of drug-likeness (QED) is 0.941. The zero-order chi connectivity index (χ0) is 14.0. The molecule has 0 unspecified atom stereocenters. The first-order chi connectivity index (χ1) is 9.02. The van der Waals surface area contributed by atoms with Crippen LogP contribution in [0.2, 0.25) is 0 Å². The Hall–Kier alpha value is -1.72. The maximum Gasteiger partial charge on any atom is 0.219 e. The molecule has 0 bridgehead atoms. The molecule has 3 nitrogen and oxygen atoms in total.